The van der Waals surface area contributed by atoms with Gasteiger partial charge in [-0.3, -0.25) is 28.8 Å². The second kappa shape index (κ2) is 10.1. The van der Waals surface area contributed by atoms with Crippen LogP contribution in [0, 0.1) is 10.1 Å². The molecular weight excluding hydrogens is 496 g/mol. The number of hydrogen-bond donors (Lipinski definition) is 1. The van der Waals surface area contributed by atoms with E-state index in [1.54, 1.807) is 60.0 Å². The van der Waals surface area contributed by atoms with Crippen LogP contribution in [0.1, 0.15) is 27.2 Å². The standard InChI is InChI=1S/C26H20N4O6S/c31-24(27-14-21-5-2-11-36-21)19-8-6-17(7-9-19)15-29-25(32)23-22(10-12-37-23)28(26(29)33)16-18-3-1-4-20(13-18)30(34)35/h1-13H,14-16H2,(H,27,31). The van der Waals surface area contributed by atoms with Gasteiger partial charge in [0.05, 0.1) is 36.3 Å². The normalized spacial score (nSPS) is 11.0. The smallest absolute Gasteiger partial charge is 0.332 e. The molecule has 0 spiro atoms. The third-order valence-corrected chi connectivity index (χ3v) is 6.75. The lowest BCUT2D eigenvalue weighted by atomic mass is 10.1. The summed E-state index contributed by atoms with van der Waals surface area (Å²) in [4.78, 5) is 49.7. The molecule has 10 nitrogen and oxygen atoms in total. The summed E-state index contributed by atoms with van der Waals surface area (Å²) in [6.07, 6.45) is 1.53. The van der Waals surface area contributed by atoms with Crippen LogP contribution in [-0.4, -0.2) is 20.0 Å². The van der Waals surface area contributed by atoms with E-state index in [1.165, 1.54) is 34.3 Å². The van der Waals surface area contributed by atoms with Gasteiger partial charge in [-0.1, -0.05) is 24.3 Å². The molecule has 1 N–H and O–H groups in total. The first kappa shape index (κ1) is 23.9. The number of nitro benzene ring substituents is 1. The maximum absolute atomic E-state index is 13.4. The number of thiophene rings is 1. The number of amides is 1. The van der Waals surface area contributed by atoms with Gasteiger partial charge >= 0.3 is 5.69 Å². The molecule has 0 aliphatic rings. The van der Waals surface area contributed by atoms with E-state index in [0.29, 0.717) is 32.7 Å². The summed E-state index contributed by atoms with van der Waals surface area (Å²) in [5, 5.41) is 15.7. The van der Waals surface area contributed by atoms with E-state index in [1.807, 2.05) is 0 Å². The minimum atomic E-state index is -0.525. The van der Waals surface area contributed by atoms with Gasteiger partial charge in [0, 0.05) is 17.7 Å². The Labute approximate surface area is 213 Å². The van der Waals surface area contributed by atoms with Gasteiger partial charge in [-0.15, -0.1) is 11.3 Å². The Morgan fingerprint density at radius 1 is 0.973 bits per heavy atom. The SMILES string of the molecule is O=C(NCc1ccco1)c1ccc(Cn2c(=O)c3sccc3n(Cc3cccc([N+](=O)[O-])c3)c2=O)cc1. The minimum absolute atomic E-state index is 0.00867. The van der Waals surface area contributed by atoms with Crippen molar-refractivity contribution in [3.63, 3.8) is 0 Å². The number of aromatic nitrogens is 2. The van der Waals surface area contributed by atoms with Crippen molar-refractivity contribution >= 4 is 33.1 Å². The number of fused-ring (bicyclic) bond motifs is 1. The first-order valence-corrected chi connectivity index (χ1v) is 12.1. The number of non-ortho nitro benzene ring substituents is 1. The maximum Gasteiger partial charge on any atom is 0.332 e. The van der Waals surface area contributed by atoms with Crippen LogP contribution in [0.25, 0.3) is 10.2 Å². The summed E-state index contributed by atoms with van der Waals surface area (Å²) in [5.74, 6) is 0.356. The summed E-state index contributed by atoms with van der Waals surface area (Å²) in [7, 11) is 0. The van der Waals surface area contributed by atoms with Gasteiger partial charge in [-0.05, 0) is 46.8 Å². The summed E-state index contributed by atoms with van der Waals surface area (Å²) in [5.41, 5.74) is 1.13. The molecule has 5 aromatic rings. The molecule has 0 radical (unpaired) electrons. The number of carbonyl (C=O) groups excluding carboxylic acids is 1. The van der Waals surface area contributed by atoms with Crippen molar-refractivity contribution in [1.29, 1.82) is 0 Å². The van der Waals surface area contributed by atoms with Crippen LogP contribution in [0.3, 0.4) is 0 Å². The Kier molecular flexibility index (Phi) is 6.52. The van der Waals surface area contributed by atoms with E-state index >= 15 is 0 Å². The summed E-state index contributed by atoms with van der Waals surface area (Å²) in [6, 6.07) is 17.9. The van der Waals surface area contributed by atoms with E-state index in [9.17, 15) is 24.5 Å². The van der Waals surface area contributed by atoms with Gasteiger partial charge in [0.15, 0.2) is 0 Å². The van der Waals surface area contributed by atoms with Crippen molar-refractivity contribution < 1.29 is 14.1 Å². The number of nitro groups is 1. The average Bonchev–Trinajstić information content (AvgIpc) is 3.61. The third-order valence-electron chi connectivity index (χ3n) is 5.86. The largest absolute Gasteiger partial charge is 0.467 e. The zero-order valence-electron chi connectivity index (χ0n) is 19.3. The van der Waals surface area contributed by atoms with Crippen molar-refractivity contribution in [2.75, 3.05) is 0 Å². The second-order valence-corrected chi connectivity index (χ2v) is 9.20. The predicted molar refractivity (Wildman–Crippen MR) is 138 cm³/mol. The Morgan fingerprint density at radius 3 is 2.49 bits per heavy atom. The summed E-state index contributed by atoms with van der Waals surface area (Å²) >= 11 is 1.23. The molecular formula is C26H20N4O6S. The van der Waals surface area contributed by atoms with Crippen LogP contribution >= 0.6 is 11.3 Å². The van der Waals surface area contributed by atoms with Gasteiger partial charge in [0.1, 0.15) is 10.5 Å². The van der Waals surface area contributed by atoms with Crippen molar-refractivity contribution in [3.05, 3.63) is 132 Å². The first-order chi connectivity index (χ1) is 17.9. The molecule has 37 heavy (non-hydrogen) atoms. The molecule has 11 heteroatoms. The summed E-state index contributed by atoms with van der Waals surface area (Å²) < 4.78 is 8.21. The van der Waals surface area contributed by atoms with Crippen LogP contribution < -0.4 is 16.6 Å². The predicted octanol–water partition coefficient (Wildman–Crippen LogP) is 3.75. The average molecular weight is 517 g/mol. The van der Waals surface area contributed by atoms with Gasteiger partial charge in [0.2, 0.25) is 0 Å². The molecule has 0 saturated heterocycles. The van der Waals surface area contributed by atoms with E-state index in [-0.39, 0.29) is 31.2 Å². The minimum Gasteiger partial charge on any atom is -0.467 e. The highest BCUT2D eigenvalue weighted by atomic mass is 32.1. The molecule has 1 amide bonds. The van der Waals surface area contributed by atoms with Crippen molar-refractivity contribution in [1.82, 2.24) is 14.5 Å². The quantitative estimate of drug-likeness (QED) is 0.247. The first-order valence-electron chi connectivity index (χ1n) is 11.2. The summed E-state index contributed by atoms with van der Waals surface area (Å²) in [6.45, 7) is 0.339. The lowest BCUT2D eigenvalue weighted by Gasteiger charge is -2.13. The fourth-order valence-corrected chi connectivity index (χ4v) is 4.85. The molecule has 0 bridgehead atoms. The molecule has 2 aromatic carbocycles. The molecule has 3 aromatic heterocycles. The number of furan rings is 1. The number of nitrogens with zero attached hydrogens (tertiary/aromatic N) is 3. The monoisotopic (exact) mass is 516 g/mol. The molecule has 186 valence electrons. The van der Waals surface area contributed by atoms with E-state index in [0.717, 1.165) is 4.57 Å². The van der Waals surface area contributed by atoms with E-state index < -0.39 is 16.2 Å². The number of hydrogen-bond acceptors (Lipinski definition) is 7. The van der Waals surface area contributed by atoms with Crippen LogP contribution in [0.2, 0.25) is 0 Å². The number of rotatable bonds is 8. The Morgan fingerprint density at radius 2 is 1.76 bits per heavy atom. The number of nitrogens with one attached hydrogen (secondary N) is 1. The fraction of sp³-hybridized carbons (Fsp3) is 0.115. The topological polar surface area (TPSA) is 129 Å². The van der Waals surface area contributed by atoms with E-state index in [2.05, 4.69) is 5.32 Å². The van der Waals surface area contributed by atoms with Crippen LogP contribution in [0.5, 0.6) is 0 Å². The molecule has 3 heterocycles. The number of carbonyl (C=O) groups is 1. The third kappa shape index (κ3) is 4.98. The molecule has 0 fully saturated rings. The molecule has 0 saturated carbocycles. The van der Waals surface area contributed by atoms with Crippen LogP contribution in [0.4, 0.5) is 5.69 Å². The zero-order chi connectivity index (χ0) is 25.9. The van der Waals surface area contributed by atoms with Gasteiger partial charge in [-0.25, -0.2) is 4.79 Å². The van der Waals surface area contributed by atoms with Gasteiger partial charge in [-0.2, -0.15) is 0 Å². The highest BCUT2D eigenvalue weighted by molar-refractivity contribution is 7.17. The molecule has 0 atom stereocenters. The van der Waals surface area contributed by atoms with Gasteiger partial charge < -0.3 is 9.73 Å². The van der Waals surface area contributed by atoms with Gasteiger partial charge in [0.25, 0.3) is 17.2 Å². The van der Waals surface area contributed by atoms with Crippen LogP contribution in [0.15, 0.2) is 92.4 Å². The lowest BCUT2D eigenvalue weighted by molar-refractivity contribution is -0.384. The molecule has 5 rings (SSSR count). The van der Waals surface area contributed by atoms with Crippen molar-refractivity contribution in [2.45, 2.75) is 19.6 Å². The molecule has 0 aliphatic carbocycles. The zero-order valence-corrected chi connectivity index (χ0v) is 20.1. The highest BCUT2D eigenvalue weighted by Crippen LogP contribution is 2.19. The second-order valence-electron chi connectivity index (χ2n) is 8.28. The van der Waals surface area contributed by atoms with Crippen LogP contribution in [-0.2, 0) is 19.6 Å². The number of benzene rings is 2. The Balaban J connectivity index is 1.42. The van der Waals surface area contributed by atoms with Crippen molar-refractivity contribution in [3.8, 4) is 0 Å². The maximum atomic E-state index is 13.4. The molecule has 0 unspecified atom stereocenters. The fourth-order valence-electron chi connectivity index (χ4n) is 4.00. The Hall–Kier alpha value is -4.77. The Bertz CT molecular complexity index is 1710. The van der Waals surface area contributed by atoms with E-state index in [4.69, 9.17) is 4.42 Å². The highest BCUT2D eigenvalue weighted by Gasteiger charge is 2.16. The lowest BCUT2D eigenvalue weighted by Crippen LogP contribution is -2.40. The van der Waals surface area contributed by atoms with Crippen molar-refractivity contribution in [2.24, 2.45) is 0 Å². The molecule has 0 aliphatic heterocycles.